The van der Waals surface area contributed by atoms with E-state index in [9.17, 15) is 5.11 Å². The standard InChI is InChI=1S/C22H24O4/c1-2-17(23)16-26-22-13-12-21(19-10-6-7-11-20(19)22)25-15-14-24-18-8-4-3-5-9-18/h3-13,17,23H,2,14-16H2,1H3. The highest BCUT2D eigenvalue weighted by molar-refractivity contribution is 5.93. The van der Waals surface area contributed by atoms with Gasteiger partial charge in [0, 0.05) is 10.8 Å². The van der Waals surface area contributed by atoms with Crippen LogP contribution in [0.25, 0.3) is 10.8 Å². The molecular formula is C22H24O4. The third-order valence-electron chi connectivity index (χ3n) is 4.10. The average Bonchev–Trinajstić information content (AvgIpc) is 2.70. The van der Waals surface area contributed by atoms with Crippen LogP contribution in [0.2, 0.25) is 0 Å². The third-order valence-corrected chi connectivity index (χ3v) is 4.10. The molecule has 1 atom stereocenters. The molecule has 0 fully saturated rings. The molecule has 3 aromatic rings. The molecule has 0 bridgehead atoms. The van der Waals surface area contributed by atoms with E-state index in [2.05, 4.69) is 0 Å². The highest BCUT2D eigenvalue weighted by Crippen LogP contribution is 2.33. The Morgan fingerprint density at radius 3 is 1.96 bits per heavy atom. The van der Waals surface area contributed by atoms with Gasteiger partial charge in [0.15, 0.2) is 0 Å². The molecule has 26 heavy (non-hydrogen) atoms. The molecule has 3 rings (SSSR count). The first kappa shape index (κ1) is 18.1. The van der Waals surface area contributed by atoms with Crippen molar-refractivity contribution in [2.24, 2.45) is 0 Å². The summed E-state index contributed by atoms with van der Waals surface area (Å²) < 4.78 is 17.4. The van der Waals surface area contributed by atoms with Crippen LogP contribution in [-0.4, -0.2) is 31.0 Å². The molecule has 0 heterocycles. The van der Waals surface area contributed by atoms with Gasteiger partial charge in [0.2, 0.25) is 0 Å². The summed E-state index contributed by atoms with van der Waals surface area (Å²) >= 11 is 0. The van der Waals surface area contributed by atoms with Gasteiger partial charge in [-0.1, -0.05) is 49.4 Å². The summed E-state index contributed by atoms with van der Waals surface area (Å²) in [4.78, 5) is 0. The topological polar surface area (TPSA) is 47.9 Å². The monoisotopic (exact) mass is 352 g/mol. The summed E-state index contributed by atoms with van der Waals surface area (Å²) in [6, 6.07) is 21.4. The molecule has 0 aliphatic carbocycles. The molecule has 0 aromatic heterocycles. The summed E-state index contributed by atoms with van der Waals surface area (Å²) in [5.74, 6) is 2.38. The molecule has 0 saturated carbocycles. The fourth-order valence-corrected chi connectivity index (χ4v) is 2.63. The van der Waals surface area contributed by atoms with Gasteiger partial charge in [-0.2, -0.15) is 0 Å². The van der Waals surface area contributed by atoms with Crippen molar-refractivity contribution in [2.45, 2.75) is 19.4 Å². The fraction of sp³-hybridized carbons (Fsp3) is 0.273. The minimum Gasteiger partial charge on any atom is -0.490 e. The maximum Gasteiger partial charge on any atom is 0.127 e. The van der Waals surface area contributed by atoms with E-state index in [-0.39, 0.29) is 6.61 Å². The van der Waals surface area contributed by atoms with Gasteiger partial charge in [-0.05, 0) is 30.7 Å². The van der Waals surface area contributed by atoms with Crippen molar-refractivity contribution in [3.8, 4) is 17.2 Å². The highest BCUT2D eigenvalue weighted by Gasteiger charge is 2.09. The van der Waals surface area contributed by atoms with Gasteiger partial charge in [-0.15, -0.1) is 0 Å². The first-order valence-corrected chi connectivity index (χ1v) is 8.91. The summed E-state index contributed by atoms with van der Waals surface area (Å²) in [7, 11) is 0. The van der Waals surface area contributed by atoms with Crippen LogP contribution in [0.1, 0.15) is 13.3 Å². The Hall–Kier alpha value is -2.72. The van der Waals surface area contributed by atoms with Gasteiger partial charge in [-0.3, -0.25) is 0 Å². The van der Waals surface area contributed by atoms with Gasteiger partial charge >= 0.3 is 0 Å². The van der Waals surface area contributed by atoms with E-state index < -0.39 is 6.10 Å². The maximum atomic E-state index is 9.72. The highest BCUT2D eigenvalue weighted by atomic mass is 16.5. The van der Waals surface area contributed by atoms with Crippen LogP contribution in [0.15, 0.2) is 66.7 Å². The van der Waals surface area contributed by atoms with Crippen LogP contribution in [0.4, 0.5) is 0 Å². The van der Waals surface area contributed by atoms with E-state index in [1.165, 1.54) is 0 Å². The molecule has 1 N–H and O–H groups in total. The Morgan fingerprint density at radius 2 is 1.31 bits per heavy atom. The van der Waals surface area contributed by atoms with Crippen molar-refractivity contribution in [2.75, 3.05) is 19.8 Å². The number of hydrogen-bond acceptors (Lipinski definition) is 4. The summed E-state index contributed by atoms with van der Waals surface area (Å²) in [6.07, 6.45) is 0.209. The van der Waals surface area contributed by atoms with E-state index >= 15 is 0 Å². The second kappa shape index (κ2) is 9.11. The second-order valence-corrected chi connectivity index (χ2v) is 5.99. The van der Waals surface area contributed by atoms with E-state index in [1.54, 1.807) is 0 Å². The first-order valence-electron chi connectivity index (χ1n) is 8.91. The predicted octanol–water partition coefficient (Wildman–Crippen LogP) is 4.45. The third kappa shape index (κ3) is 4.67. The van der Waals surface area contributed by atoms with Crippen molar-refractivity contribution in [3.63, 3.8) is 0 Å². The molecule has 0 radical (unpaired) electrons. The van der Waals surface area contributed by atoms with Gasteiger partial charge in [0.05, 0.1) is 6.10 Å². The van der Waals surface area contributed by atoms with Crippen LogP contribution in [0.5, 0.6) is 17.2 Å². The Balaban J connectivity index is 1.65. The number of hydrogen-bond donors (Lipinski definition) is 1. The van der Waals surface area contributed by atoms with Crippen molar-refractivity contribution in [1.82, 2.24) is 0 Å². The zero-order valence-corrected chi connectivity index (χ0v) is 14.9. The first-order chi connectivity index (χ1) is 12.8. The molecule has 0 saturated heterocycles. The van der Waals surface area contributed by atoms with Crippen LogP contribution in [0.3, 0.4) is 0 Å². The Labute approximate surface area is 153 Å². The fourth-order valence-electron chi connectivity index (χ4n) is 2.63. The lowest BCUT2D eigenvalue weighted by molar-refractivity contribution is 0.105. The summed E-state index contributed by atoms with van der Waals surface area (Å²) in [5, 5.41) is 11.7. The number of aliphatic hydroxyl groups is 1. The van der Waals surface area contributed by atoms with Crippen LogP contribution < -0.4 is 14.2 Å². The molecule has 0 spiro atoms. The molecule has 136 valence electrons. The largest absolute Gasteiger partial charge is 0.490 e. The minimum atomic E-state index is -0.458. The number of rotatable bonds is 9. The molecule has 1 unspecified atom stereocenters. The van der Waals surface area contributed by atoms with Gasteiger partial charge < -0.3 is 19.3 Å². The second-order valence-electron chi connectivity index (χ2n) is 5.99. The van der Waals surface area contributed by atoms with Gasteiger partial charge in [0.25, 0.3) is 0 Å². The normalized spacial score (nSPS) is 11.9. The lowest BCUT2D eigenvalue weighted by atomic mass is 10.1. The van der Waals surface area contributed by atoms with Crippen LogP contribution >= 0.6 is 0 Å². The lowest BCUT2D eigenvalue weighted by Crippen LogP contribution is -2.16. The molecule has 0 aliphatic rings. The van der Waals surface area contributed by atoms with Gasteiger partial charge in [0.1, 0.15) is 37.1 Å². The molecular weight excluding hydrogens is 328 g/mol. The molecule has 4 nitrogen and oxygen atoms in total. The smallest absolute Gasteiger partial charge is 0.127 e. The minimum absolute atomic E-state index is 0.283. The van der Waals surface area contributed by atoms with Crippen LogP contribution in [-0.2, 0) is 0 Å². The zero-order chi connectivity index (χ0) is 18.2. The van der Waals surface area contributed by atoms with Crippen molar-refractivity contribution in [3.05, 3.63) is 66.7 Å². The Kier molecular flexibility index (Phi) is 6.34. The molecule has 4 heteroatoms. The molecule has 0 amide bonds. The summed E-state index contributed by atoms with van der Waals surface area (Å²) in [6.45, 7) is 3.14. The number of para-hydroxylation sites is 1. The average molecular weight is 352 g/mol. The molecule has 3 aromatic carbocycles. The van der Waals surface area contributed by atoms with E-state index in [4.69, 9.17) is 14.2 Å². The van der Waals surface area contributed by atoms with Crippen LogP contribution in [0, 0.1) is 0 Å². The van der Waals surface area contributed by atoms with E-state index in [0.29, 0.717) is 19.6 Å². The van der Waals surface area contributed by atoms with E-state index in [1.807, 2.05) is 73.7 Å². The van der Waals surface area contributed by atoms with Crippen molar-refractivity contribution < 1.29 is 19.3 Å². The van der Waals surface area contributed by atoms with E-state index in [0.717, 1.165) is 28.0 Å². The number of aliphatic hydroxyl groups excluding tert-OH is 1. The van der Waals surface area contributed by atoms with Gasteiger partial charge in [-0.25, -0.2) is 0 Å². The lowest BCUT2D eigenvalue weighted by Gasteiger charge is -2.15. The summed E-state index contributed by atoms with van der Waals surface area (Å²) in [5.41, 5.74) is 0. The SMILES string of the molecule is CCC(O)COc1ccc(OCCOc2ccccc2)c2ccccc12. The zero-order valence-electron chi connectivity index (χ0n) is 14.9. The number of benzene rings is 3. The van der Waals surface area contributed by atoms with Crippen molar-refractivity contribution >= 4 is 10.8 Å². The predicted molar refractivity (Wildman–Crippen MR) is 103 cm³/mol. The Bertz CT molecular complexity index is 817. The van der Waals surface area contributed by atoms with Crippen molar-refractivity contribution in [1.29, 1.82) is 0 Å². The molecule has 0 aliphatic heterocycles. The Morgan fingerprint density at radius 1 is 0.731 bits per heavy atom. The quantitative estimate of drug-likeness (QED) is 0.578. The number of fused-ring (bicyclic) bond motifs is 1. The maximum absolute atomic E-state index is 9.72. The number of ether oxygens (including phenoxy) is 3.